The SMILES string of the molecule is OC(c1ccc2ccccc2c1)C(S)c1ccccc1. The summed E-state index contributed by atoms with van der Waals surface area (Å²) in [5.41, 5.74) is 1.92. The minimum absolute atomic E-state index is 0.225. The lowest BCUT2D eigenvalue weighted by Crippen LogP contribution is -2.05. The first-order valence-electron chi connectivity index (χ1n) is 6.65. The maximum absolute atomic E-state index is 10.5. The van der Waals surface area contributed by atoms with E-state index in [2.05, 4.69) is 24.8 Å². The second-order valence-corrected chi connectivity index (χ2v) is 5.46. The topological polar surface area (TPSA) is 20.2 Å². The second-order valence-electron chi connectivity index (χ2n) is 4.91. The number of rotatable bonds is 3. The zero-order valence-electron chi connectivity index (χ0n) is 11.0. The first-order valence-corrected chi connectivity index (χ1v) is 7.17. The van der Waals surface area contributed by atoms with Crippen molar-refractivity contribution in [2.45, 2.75) is 11.4 Å². The number of thiol groups is 1. The molecule has 2 unspecified atom stereocenters. The second kappa shape index (κ2) is 5.70. The number of aliphatic hydroxyl groups is 1. The minimum atomic E-state index is -0.620. The van der Waals surface area contributed by atoms with Crippen molar-refractivity contribution in [2.24, 2.45) is 0 Å². The van der Waals surface area contributed by atoms with Gasteiger partial charge in [0.1, 0.15) is 0 Å². The predicted molar refractivity (Wildman–Crippen MR) is 87.1 cm³/mol. The summed E-state index contributed by atoms with van der Waals surface area (Å²) in [5.74, 6) is 0. The van der Waals surface area contributed by atoms with Crippen molar-refractivity contribution >= 4 is 23.4 Å². The molecule has 3 aromatic carbocycles. The summed E-state index contributed by atoms with van der Waals surface area (Å²) in [6.45, 7) is 0. The fraction of sp³-hybridized carbons (Fsp3) is 0.111. The fourth-order valence-corrected chi connectivity index (χ4v) is 2.75. The Labute approximate surface area is 124 Å². The van der Waals surface area contributed by atoms with E-state index >= 15 is 0 Å². The summed E-state index contributed by atoms with van der Waals surface area (Å²) in [7, 11) is 0. The molecule has 1 nitrogen and oxygen atoms in total. The molecule has 2 atom stereocenters. The molecule has 0 spiro atoms. The van der Waals surface area contributed by atoms with Gasteiger partial charge >= 0.3 is 0 Å². The Balaban J connectivity index is 1.94. The largest absolute Gasteiger partial charge is 0.387 e. The van der Waals surface area contributed by atoms with Gasteiger partial charge in [-0.05, 0) is 28.0 Å². The smallest absolute Gasteiger partial charge is 0.0947 e. The molecule has 1 N–H and O–H groups in total. The number of hydrogen-bond donors (Lipinski definition) is 2. The van der Waals surface area contributed by atoms with Crippen LogP contribution in [0, 0.1) is 0 Å². The Morgan fingerprint density at radius 2 is 1.35 bits per heavy atom. The maximum Gasteiger partial charge on any atom is 0.0947 e. The molecule has 0 fully saturated rings. The van der Waals surface area contributed by atoms with Gasteiger partial charge < -0.3 is 5.11 Å². The predicted octanol–water partition coefficient (Wildman–Crippen LogP) is 4.54. The van der Waals surface area contributed by atoms with Gasteiger partial charge in [-0.1, -0.05) is 66.7 Å². The van der Waals surface area contributed by atoms with Crippen LogP contribution in [-0.4, -0.2) is 5.11 Å². The molecule has 0 radical (unpaired) electrons. The summed E-state index contributed by atoms with van der Waals surface area (Å²) in [4.78, 5) is 0. The summed E-state index contributed by atoms with van der Waals surface area (Å²) in [6, 6.07) is 24.1. The molecule has 3 aromatic rings. The highest BCUT2D eigenvalue weighted by molar-refractivity contribution is 7.80. The fourth-order valence-electron chi connectivity index (χ4n) is 2.41. The normalized spacial score (nSPS) is 14.1. The molecule has 100 valence electrons. The molecule has 2 heteroatoms. The van der Waals surface area contributed by atoms with E-state index in [-0.39, 0.29) is 5.25 Å². The number of aliphatic hydroxyl groups excluding tert-OH is 1. The summed E-state index contributed by atoms with van der Waals surface area (Å²) < 4.78 is 0. The molecule has 0 aliphatic heterocycles. The zero-order valence-corrected chi connectivity index (χ0v) is 11.9. The molecule has 0 heterocycles. The van der Waals surface area contributed by atoms with Crippen LogP contribution in [0.3, 0.4) is 0 Å². The number of fused-ring (bicyclic) bond motifs is 1. The van der Waals surface area contributed by atoms with Crippen molar-refractivity contribution in [2.75, 3.05) is 0 Å². The third-order valence-corrected chi connectivity index (χ3v) is 4.14. The van der Waals surface area contributed by atoms with Crippen molar-refractivity contribution in [1.29, 1.82) is 0 Å². The van der Waals surface area contributed by atoms with Crippen LogP contribution in [0.2, 0.25) is 0 Å². The lowest BCUT2D eigenvalue weighted by molar-refractivity contribution is 0.176. The zero-order chi connectivity index (χ0) is 13.9. The summed E-state index contributed by atoms with van der Waals surface area (Å²) in [5, 5.41) is 12.6. The van der Waals surface area contributed by atoms with Gasteiger partial charge in [-0.3, -0.25) is 0 Å². The van der Waals surface area contributed by atoms with Crippen molar-refractivity contribution in [3.05, 3.63) is 83.9 Å². The molecule has 0 aliphatic carbocycles. The Morgan fingerprint density at radius 1 is 0.700 bits per heavy atom. The number of hydrogen-bond acceptors (Lipinski definition) is 2. The van der Waals surface area contributed by atoms with E-state index in [1.54, 1.807) is 0 Å². The Kier molecular flexibility index (Phi) is 3.77. The summed E-state index contributed by atoms with van der Waals surface area (Å²) in [6.07, 6.45) is -0.620. The summed E-state index contributed by atoms with van der Waals surface area (Å²) >= 11 is 4.57. The van der Waals surface area contributed by atoms with Gasteiger partial charge in [0.05, 0.1) is 11.4 Å². The average molecular weight is 280 g/mol. The molecule has 3 rings (SSSR count). The molecule has 0 aromatic heterocycles. The van der Waals surface area contributed by atoms with E-state index in [1.165, 1.54) is 5.39 Å². The molecule has 20 heavy (non-hydrogen) atoms. The average Bonchev–Trinajstić information content (AvgIpc) is 2.54. The highest BCUT2D eigenvalue weighted by atomic mass is 32.1. The van der Waals surface area contributed by atoms with Gasteiger partial charge in [0, 0.05) is 0 Å². The molecule has 0 saturated carbocycles. The van der Waals surface area contributed by atoms with Crippen LogP contribution in [0.25, 0.3) is 10.8 Å². The Hall–Kier alpha value is -1.77. The van der Waals surface area contributed by atoms with E-state index < -0.39 is 6.10 Å². The quantitative estimate of drug-likeness (QED) is 0.675. The highest BCUT2D eigenvalue weighted by Crippen LogP contribution is 2.34. The van der Waals surface area contributed by atoms with Crippen LogP contribution >= 0.6 is 12.6 Å². The minimum Gasteiger partial charge on any atom is -0.387 e. The van der Waals surface area contributed by atoms with Crippen molar-refractivity contribution in [1.82, 2.24) is 0 Å². The molecule has 0 aliphatic rings. The van der Waals surface area contributed by atoms with E-state index in [9.17, 15) is 5.11 Å². The van der Waals surface area contributed by atoms with Crippen molar-refractivity contribution < 1.29 is 5.11 Å². The highest BCUT2D eigenvalue weighted by Gasteiger charge is 2.19. The van der Waals surface area contributed by atoms with E-state index in [4.69, 9.17) is 0 Å². The Bertz CT molecular complexity index is 709. The van der Waals surface area contributed by atoms with Gasteiger partial charge in [-0.25, -0.2) is 0 Å². The first kappa shape index (κ1) is 13.2. The molecule has 0 amide bonds. The van der Waals surface area contributed by atoms with Gasteiger partial charge in [-0.15, -0.1) is 0 Å². The van der Waals surface area contributed by atoms with Crippen molar-refractivity contribution in [3.8, 4) is 0 Å². The van der Waals surface area contributed by atoms with Gasteiger partial charge in [0.2, 0.25) is 0 Å². The molecule has 0 bridgehead atoms. The van der Waals surface area contributed by atoms with E-state index in [0.29, 0.717) is 0 Å². The van der Waals surface area contributed by atoms with Gasteiger partial charge in [0.15, 0.2) is 0 Å². The van der Waals surface area contributed by atoms with E-state index in [0.717, 1.165) is 16.5 Å². The van der Waals surface area contributed by atoms with Crippen LogP contribution in [-0.2, 0) is 0 Å². The van der Waals surface area contributed by atoms with Crippen LogP contribution in [0.15, 0.2) is 72.8 Å². The molecular weight excluding hydrogens is 264 g/mol. The van der Waals surface area contributed by atoms with Crippen LogP contribution < -0.4 is 0 Å². The lowest BCUT2D eigenvalue weighted by atomic mass is 9.98. The monoisotopic (exact) mass is 280 g/mol. The third-order valence-electron chi connectivity index (χ3n) is 3.56. The molecular formula is C18H16OS. The van der Waals surface area contributed by atoms with Crippen LogP contribution in [0.1, 0.15) is 22.5 Å². The molecule has 0 saturated heterocycles. The third kappa shape index (κ3) is 2.58. The first-order chi connectivity index (χ1) is 9.75. The van der Waals surface area contributed by atoms with Crippen LogP contribution in [0.4, 0.5) is 0 Å². The maximum atomic E-state index is 10.5. The standard InChI is InChI=1S/C18H16OS/c19-17(18(20)14-7-2-1-3-8-14)16-11-10-13-6-4-5-9-15(13)12-16/h1-12,17-20H. The lowest BCUT2D eigenvalue weighted by Gasteiger charge is -2.19. The number of benzene rings is 3. The van der Waals surface area contributed by atoms with Crippen molar-refractivity contribution in [3.63, 3.8) is 0 Å². The van der Waals surface area contributed by atoms with Gasteiger partial charge in [-0.2, -0.15) is 12.6 Å². The van der Waals surface area contributed by atoms with Crippen LogP contribution in [0.5, 0.6) is 0 Å². The van der Waals surface area contributed by atoms with Gasteiger partial charge in [0.25, 0.3) is 0 Å². The van der Waals surface area contributed by atoms with E-state index in [1.807, 2.05) is 60.7 Å². The Morgan fingerprint density at radius 3 is 2.10 bits per heavy atom.